The Kier molecular flexibility index (Phi) is 3.89. The summed E-state index contributed by atoms with van der Waals surface area (Å²) >= 11 is 0. The fraction of sp³-hybridized carbons (Fsp3) is 0.385. The van der Waals surface area contributed by atoms with Crippen LogP contribution in [0.15, 0.2) is 31.1 Å². The third kappa shape index (κ3) is 3.06. The van der Waals surface area contributed by atoms with Crippen LogP contribution < -0.4 is 4.90 Å². The molecule has 4 nitrogen and oxygen atoms in total. The van der Waals surface area contributed by atoms with Crippen LogP contribution in [0, 0.1) is 0 Å². The Bertz CT molecular complexity index is 422. The Labute approximate surface area is 102 Å². The molecule has 4 heteroatoms. The van der Waals surface area contributed by atoms with Crippen molar-refractivity contribution in [3.8, 4) is 0 Å². The van der Waals surface area contributed by atoms with Crippen molar-refractivity contribution in [2.45, 2.75) is 26.3 Å². The molecule has 0 spiro atoms. The van der Waals surface area contributed by atoms with E-state index < -0.39 is 5.97 Å². The molecule has 92 valence electrons. The maximum absolute atomic E-state index is 11.2. The molecule has 0 aliphatic carbocycles. The lowest BCUT2D eigenvalue weighted by molar-refractivity contribution is 0.0697. The average molecular weight is 234 g/mol. The van der Waals surface area contributed by atoms with Crippen LogP contribution in [0.25, 0.3) is 0 Å². The quantitative estimate of drug-likeness (QED) is 0.813. The molecule has 0 atom stereocenters. The van der Waals surface area contributed by atoms with Crippen molar-refractivity contribution in [2.24, 2.45) is 0 Å². The van der Waals surface area contributed by atoms with Gasteiger partial charge >= 0.3 is 5.97 Å². The Morgan fingerprint density at radius 3 is 2.71 bits per heavy atom. The second-order valence-corrected chi connectivity index (χ2v) is 4.77. The van der Waals surface area contributed by atoms with E-state index in [-0.39, 0.29) is 11.1 Å². The molecule has 0 amide bonds. The number of pyridine rings is 1. The van der Waals surface area contributed by atoms with E-state index in [0.717, 1.165) is 0 Å². The number of carbonyl (C=O) groups is 1. The van der Waals surface area contributed by atoms with Crippen molar-refractivity contribution < 1.29 is 9.90 Å². The lowest BCUT2D eigenvalue weighted by Crippen LogP contribution is -2.42. The van der Waals surface area contributed by atoms with Crippen molar-refractivity contribution in [1.29, 1.82) is 0 Å². The zero-order chi connectivity index (χ0) is 13.1. The first kappa shape index (κ1) is 13.2. The van der Waals surface area contributed by atoms with Crippen LogP contribution in [-0.2, 0) is 0 Å². The number of carboxylic acid groups (broad SMARTS) is 1. The average Bonchev–Trinajstić information content (AvgIpc) is 2.24. The fourth-order valence-electron chi connectivity index (χ4n) is 1.64. The molecule has 0 aliphatic rings. The predicted octanol–water partition coefficient (Wildman–Crippen LogP) is 2.57. The predicted molar refractivity (Wildman–Crippen MR) is 68.5 cm³/mol. The van der Waals surface area contributed by atoms with E-state index in [4.69, 9.17) is 5.11 Å². The summed E-state index contributed by atoms with van der Waals surface area (Å²) in [7, 11) is 0. The number of aromatic carboxylic acids is 1. The molecule has 1 heterocycles. The molecule has 0 unspecified atom stereocenters. The SMILES string of the molecule is C=CCN(c1cnccc1C(=O)O)C(C)(C)C. The molecule has 0 fully saturated rings. The Morgan fingerprint density at radius 2 is 2.24 bits per heavy atom. The molecule has 0 aliphatic heterocycles. The summed E-state index contributed by atoms with van der Waals surface area (Å²) in [5.41, 5.74) is 0.686. The molecule has 1 N–H and O–H groups in total. The molecule has 0 aromatic carbocycles. The summed E-state index contributed by atoms with van der Waals surface area (Å²) in [6.45, 7) is 10.4. The smallest absolute Gasteiger partial charge is 0.337 e. The van der Waals surface area contributed by atoms with Gasteiger partial charge in [0.25, 0.3) is 0 Å². The zero-order valence-corrected chi connectivity index (χ0v) is 10.5. The van der Waals surface area contributed by atoms with Gasteiger partial charge in [-0.3, -0.25) is 4.98 Å². The first-order chi connectivity index (χ1) is 7.88. The summed E-state index contributed by atoms with van der Waals surface area (Å²) in [6.07, 6.45) is 4.82. The van der Waals surface area contributed by atoms with E-state index in [2.05, 4.69) is 11.6 Å². The van der Waals surface area contributed by atoms with Crippen LogP contribution in [0.3, 0.4) is 0 Å². The Hall–Kier alpha value is -1.84. The highest BCUT2D eigenvalue weighted by atomic mass is 16.4. The normalized spacial score (nSPS) is 11.0. The summed E-state index contributed by atoms with van der Waals surface area (Å²) in [4.78, 5) is 17.2. The van der Waals surface area contributed by atoms with E-state index in [9.17, 15) is 4.79 Å². The number of hydrogen-bond acceptors (Lipinski definition) is 3. The van der Waals surface area contributed by atoms with Crippen molar-refractivity contribution >= 4 is 11.7 Å². The van der Waals surface area contributed by atoms with E-state index in [0.29, 0.717) is 12.2 Å². The van der Waals surface area contributed by atoms with Crippen molar-refractivity contribution in [1.82, 2.24) is 4.98 Å². The van der Waals surface area contributed by atoms with Gasteiger partial charge < -0.3 is 10.0 Å². The first-order valence-corrected chi connectivity index (χ1v) is 5.43. The van der Waals surface area contributed by atoms with Crippen LogP contribution in [0.2, 0.25) is 0 Å². The lowest BCUT2D eigenvalue weighted by Gasteiger charge is -2.37. The minimum Gasteiger partial charge on any atom is -0.478 e. The highest BCUT2D eigenvalue weighted by Gasteiger charge is 2.24. The van der Waals surface area contributed by atoms with Crippen molar-refractivity contribution in [3.63, 3.8) is 0 Å². The highest BCUT2D eigenvalue weighted by molar-refractivity contribution is 5.94. The molecule has 1 aromatic rings. The van der Waals surface area contributed by atoms with Gasteiger partial charge in [0.15, 0.2) is 0 Å². The van der Waals surface area contributed by atoms with Gasteiger partial charge in [-0.1, -0.05) is 6.08 Å². The van der Waals surface area contributed by atoms with Crippen molar-refractivity contribution in [3.05, 3.63) is 36.7 Å². The molecule has 0 radical (unpaired) electrons. The molecule has 1 aromatic heterocycles. The number of carboxylic acids is 1. The number of aromatic nitrogens is 1. The van der Waals surface area contributed by atoms with E-state index >= 15 is 0 Å². The van der Waals surface area contributed by atoms with Gasteiger partial charge in [0.05, 0.1) is 17.4 Å². The standard InChI is InChI=1S/C13H18N2O2/c1-5-8-15(13(2,3)4)11-9-14-7-6-10(11)12(16)17/h5-7,9H,1,8H2,2-4H3,(H,16,17). The lowest BCUT2D eigenvalue weighted by atomic mass is 10.0. The van der Waals surface area contributed by atoms with Crippen LogP contribution >= 0.6 is 0 Å². The minimum atomic E-state index is -0.944. The Balaban J connectivity index is 3.27. The van der Waals surface area contributed by atoms with E-state index in [1.807, 2.05) is 25.7 Å². The van der Waals surface area contributed by atoms with Crippen molar-refractivity contribution in [2.75, 3.05) is 11.4 Å². The van der Waals surface area contributed by atoms with Gasteiger partial charge in [-0.05, 0) is 26.8 Å². The maximum Gasteiger partial charge on any atom is 0.337 e. The van der Waals surface area contributed by atoms with Gasteiger partial charge in [-0.15, -0.1) is 6.58 Å². The van der Waals surface area contributed by atoms with E-state index in [1.165, 1.54) is 12.3 Å². The molecule has 0 saturated heterocycles. The van der Waals surface area contributed by atoms with Crippen LogP contribution in [0.1, 0.15) is 31.1 Å². The van der Waals surface area contributed by atoms with Crippen LogP contribution in [-0.4, -0.2) is 28.1 Å². The largest absolute Gasteiger partial charge is 0.478 e. The zero-order valence-electron chi connectivity index (χ0n) is 10.5. The van der Waals surface area contributed by atoms with Gasteiger partial charge in [0.1, 0.15) is 0 Å². The summed E-state index contributed by atoms with van der Waals surface area (Å²) in [5.74, 6) is -0.944. The molecular formula is C13H18N2O2. The summed E-state index contributed by atoms with van der Waals surface area (Å²) in [5, 5.41) is 9.17. The summed E-state index contributed by atoms with van der Waals surface area (Å²) < 4.78 is 0. The second kappa shape index (κ2) is 4.99. The molecule has 0 saturated carbocycles. The molecule has 1 rings (SSSR count). The van der Waals surface area contributed by atoms with Crippen LogP contribution in [0.4, 0.5) is 5.69 Å². The monoisotopic (exact) mass is 234 g/mol. The van der Waals surface area contributed by atoms with Gasteiger partial charge in [-0.2, -0.15) is 0 Å². The van der Waals surface area contributed by atoms with Gasteiger partial charge in [0.2, 0.25) is 0 Å². The second-order valence-electron chi connectivity index (χ2n) is 4.77. The number of nitrogens with zero attached hydrogens (tertiary/aromatic N) is 2. The van der Waals surface area contributed by atoms with Gasteiger partial charge in [0, 0.05) is 18.3 Å². The van der Waals surface area contributed by atoms with Gasteiger partial charge in [-0.25, -0.2) is 4.79 Å². The minimum absolute atomic E-state index is 0.193. The maximum atomic E-state index is 11.2. The third-order valence-electron chi connectivity index (χ3n) is 2.44. The molecule has 17 heavy (non-hydrogen) atoms. The fourth-order valence-corrected chi connectivity index (χ4v) is 1.64. The Morgan fingerprint density at radius 1 is 1.59 bits per heavy atom. The number of hydrogen-bond donors (Lipinski definition) is 1. The molecule has 0 bridgehead atoms. The molecular weight excluding hydrogens is 216 g/mol. The van der Waals surface area contributed by atoms with E-state index in [1.54, 1.807) is 12.3 Å². The summed E-state index contributed by atoms with van der Waals surface area (Å²) in [6, 6.07) is 1.51. The topological polar surface area (TPSA) is 53.4 Å². The number of rotatable bonds is 4. The first-order valence-electron chi connectivity index (χ1n) is 5.43. The third-order valence-corrected chi connectivity index (χ3v) is 2.44. The van der Waals surface area contributed by atoms with Crippen LogP contribution in [0.5, 0.6) is 0 Å². The number of anilines is 1. The highest BCUT2D eigenvalue weighted by Crippen LogP contribution is 2.26.